The van der Waals surface area contributed by atoms with Gasteiger partial charge in [0.05, 0.1) is 5.69 Å². The molecule has 170 valence electrons. The first-order chi connectivity index (χ1) is 18.6. The van der Waals surface area contributed by atoms with Crippen molar-refractivity contribution < 1.29 is 5.48 Å². The number of thiophene rings is 1. The maximum absolute atomic E-state index is 8.46. The van der Waals surface area contributed by atoms with Crippen LogP contribution in [0.1, 0.15) is 36.4 Å². The molecule has 0 aliphatic heterocycles. The molecule has 0 aliphatic rings. The van der Waals surface area contributed by atoms with Gasteiger partial charge in [0.25, 0.3) is 0 Å². The van der Waals surface area contributed by atoms with Crippen LogP contribution in [-0.4, -0.2) is 4.98 Å². The SMILES string of the molecule is [2H]C([2H])([2H])c1cc2c(cc1-c1cccc(-c3ccccc3)c1)sc1c(-c3cc(C([2H])(C)C)ccn3)cccc12. The average molecular weight is 474 g/mol. The van der Waals surface area contributed by atoms with Crippen molar-refractivity contribution in [3.8, 4) is 33.5 Å². The third-order valence-electron chi connectivity index (χ3n) is 6.53. The largest absolute Gasteiger partial charge is 0.256 e. The van der Waals surface area contributed by atoms with Gasteiger partial charge >= 0.3 is 0 Å². The molecule has 35 heavy (non-hydrogen) atoms. The van der Waals surface area contributed by atoms with Crippen LogP contribution in [0.4, 0.5) is 0 Å². The number of nitrogens with zero attached hydrogens (tertiary/aromatic N) is 1. The Morgan fingerprint density at radius 2 is 1.54 bits per heavy atom. The number of hydrogen-bond donors (Lipinski definition) is 0. The monoisotopic (exact) mass is 473 g/mol. The fraction of sp³-hybridized carbons (Fsp3) is 0.121. The zero-order valence-corrected chi connectivity index (χ0v) is 20.5. The summed E-state index contributed by atoms with van der Waals surface area (Å²) < 4.78 is 35.7. The Balaban J connectivity index is 1.57. The minimum Gasteiger partial charge on any atom is -0.256 e. The Labute approximate surface area is 216 Å². The van der Waals surface area contributed by atoms with E-state index in [9.17, 15) is 0 Å². The summed E-state index contributed by atoms with van der Waals surface area (Å²) >= 11 is 1.65. The van der Waals surface area contributed by atoms with E-state index in [-0.39, 0.29) is 0 Å². The van der Waals surface area contributed by atoms with Gasteiger partial charge in [0.2, 0.25) is 0 Å². The summed E-state index contributed by atoms with van der Waals surface area (Å²) in [4.78, 5) is 4.64. The molecule has 0 aliphatic carbocycles. The summed E-state index contributed by atoms with van der Waals surface area (Å²) in [6.45, 7) is 1.47. The highest BCUT2D eigenvalue weighted by atomic mass is 32.1. The molecule has 0 radical (unpaired) electrons. The van der Waals surface area contributed by atoms with E-state index in [1.54, 1.807) is 17.5 Å². The van der Waals surface area contributed by atoms with Crippen LogP contribution < -0.4 is 0 Å². The Kier molecular flexibility index (Phi) is 4.43. The third-order valence-corrected chi connectivity index (χ3v) is 7.73. The maximum atomic E-state index is 8.46. The van der Waals surface area contributed by atoms with E-state index in [4.69, 9.17) is 5.48 Å². The van der Waals surface area contributed by atoms with E-state index in [2.05, 4.69) is 41.4 Å². The van der Waals surface area contributed by atoms with Gasteiger partial charge in [0.15, 0.2) is 0 Å². The Bertz CT molecular complexity index is 1830. The van der Waals surface area contributed by atoms with E-state index < -0.39 is 12.7 Å². The standard InChI is InChI=1S/C33H27NS/c1-21(2)24-15-16-34-31(19-24)28-14-8-13-27-30-17-22(3)29(20-32(30)35-33(27)28)26-12-7-11-25(18-26)23-9-5-4-6-10-23/h4-21H,1-3H3/i3D3,21D. The molecule has 0 N–H and O–H groups in total. The molecule has 2 heteroatoms. The number of benzene rings is 4. The van der Waals surface area contributed by atoms with Crippen LogP contribution >= 0.6 is 11.3 Å². The van der Waals surface area contributed by atoms with Crippen molar-refractivity contribution >= 4 is 31.5 Å². The van der Waals surface area contributed by atoms with Gasteiger partial charge in [-0.2, -0.15) is 0 Å². The predicted octanol–water partition coefficient (Wildman–Crippen LogP) is 9.88. The summed E-state index contributed by atoms with van der Waals surface area (Å²) in [7, 11) is 0. The maximum Gasteiger partial charge on any atom is 0.0719 e. The molecular weight excluding hydrogens is 442 g/mol. The van der Waals surface area contributed by atoms with Gasteiger partial charge in [-0.25, -0.2) is 0 Å². The molecule has 6 rings (SSSR count). The van der Waals surface area contributed by atoms with Crippen molar-refractivity contribution in [3.63, 3.8) is 0 Å². The topological polar surface area (TPSA) is 12.9 Å². The van der Waals surface area contributed by atoms with E-state index in [1.165, 1.54) is 0 Å². The third kappa shape index (κ3) is 3.94. The normalized spacial score (nSPS) is 13.9. The Morgan fingerprint density at radius 3 is 2.37 bits per heavy atom. The van der Waals surface area contributed by atoms with Crippen LogP contribution in [0.3, 0.4) is 0 Å². The minimum atomic E-state index is -2.27. The molecule has 4 aromatic carbocycles. The molecular formula is C33H27NS. The molecule has 0 bridgehead atoms. The van der Waals surface area contributed by atoms with Gasteiger partial charge in [-0.3, -0.25) is 4.98 Å². The second kappa shape index (κ2) is 8.79. The summed E-state index contributed by atoms with van der Waals surface area (Å²) in [6, 6.07) is 32.1. The second-order valence-corrected chi connectivity index (χ2v) is 10.1. The second-order valence-electron chi connectivity index (χ2n) is 9.05. The quantitative estimate of drug-likeness (QED) is 0.248. The molecule has 0 unspecified atom stereocenters. The number of hydrogen-bond acceptors (Lipinski definition) is 2. The van der Waals surface area contributed by atoms with Crippen LogP contribution in [0.2, 0.25) is 0 Å². The van der Waals surface area contributed by atoms with E-state index >= 15 is 0 Å². The van der Waals surface area contributed by atoms with Crippen molar-refractivity contribution in [3.05, 3.63) is 114 Å². The van der Waals surface area contributed by atoms with Gasteiger partial charge < -0.3 is 0 Å². The summed E-state index contributed by atoms with van der Waals surface area (Å²) in [5.74, 6) is -0.733. The molecule has 1 nitrogen and oxygen atoms in total. The Morgan fingerprint density at radius 1 is 0.743 bits per heavy atom. The van der Waals surface area contributed by atoms with Crippen molar-refractivity contribution in [1.82, 2.24) is 4.98 Å². The molecule has 0 amide bonds. The molecule has 0 spiro atoms. The van der Waals surface area contributed by atoms with E-state index in [1.807, 2.05) is 74.5 Å². The van der Waals surface area contributed by atoms with Gasteiger partial charge in [-0.1, -0.05) is 80.6 Å². The minimum absolute atomic E-state index is 0.349. The van der Waals surface area contributed by atoms with Crippen LogP contribution in [0.15, 0.2) is 103 Å². The number of pyridine rings is 1. The highest BCUT2D eigenvalue weighted by molar-refractivity contribution is 7.26. The van der Waals surface area contributed by atoms with Crippen molar-refractivity contribution in [2.24, 2.45) is 0 Å². The van der Waals surface area contributed by atoms with Crippen LogP contribution in [-0.2, 0) is 0 Å². The fourth-order valence-corrected chi connectivity index (χ4v) is 5.92. The number of rotatable bonds is 4. The van der Waals surface area contributed by atoms with Gasteiger partial charge in [-0.05, 0) is 76.5 Å². The van der Waals surface area contributed by atoms with Gasteiger partial charge in [0.1, 0.15) is 0 Å². The zero-order valence-electron chi connectivity index (χ0n) is 23.7. The highest BCUT2D eigenvalue weighted by Crippen LogP contribution is 2.42. The van der Waals surface area contributed by atoms with E-state index in [0.29, 0.717) is 5.56 Å². The van der Waals surface area contributed by atoms with Gasteiger partial charge in [-0.15, -0.1) is 11.3 Å². The molecule has 2 aromatic heterocycles. The Hall–Kier alpha value is -3.75. The van der Waals surface area contributed by atoms with Crippen LogP contribution in [0.5, 0.6) is 0 Å². The lowest BCUT2D eigenvalue weighted by molar-refractivity contribution is 0.864. The fourth-order valence-electron chi connectivity index (χ4n) is 4.67. The summed E-state index contributed by atoms with van der Waals surface area (Å²) in [5, 5.41) is 1.95. The van der Waals surface area contributed by atoms with Crippen LogP contribution in [0.25, 0.3) is 53.7 Å². The number of aromatic nitrogens is 1. The zero-order chi connectivity index (χ0) is 27.4. The summed E-state index contributed by atoms with van der Waals surface area (Å²) in [6.07, 6.45) is 1.76. The summed E-state index contributed by atoms with van der Waals surface area (Å²) in [5.41, 5.74) is 6.80. The first kappa shape index (κ1) is 17.7. The van der Waals surface area contributed by atoms with Crippen molar-refractivity contribution in [2.45, 2.75) is 26.6 Å². The smallest absolute Gasteiger partial charge is 0.0719 e. The lowest BCUT2D eigenvalue weighted by Gasteiger charge is -2.09. The van der Waals surface area contributed by atoms with Crippen LogP contribution in [0, 0.1) is 6.85 Å². The van der Waals surface area contributed by atoms with Crippen molar-refractivity contribution in [2.75, 3.05) is 0 Å². The van der Waals surface area contributed by atoms with Gasteiger partial charge in [0, 0.05) is 37.4 Å². The molecule has 0 fully saturated rings. The lowest BCUT2D eigenvalue weighted by atomic mass is 9.95. The molecule has 0 atom stereocenters. The molecule has 6 aromatic rings. The predicted molar refractivity (Wildman–Crippen MR) is 152 cm³/mol. The number of fused-ring (bicyclic) bond motifs is 3. The molecule has 2 heterocycles. The first-order valence-electron chi connectivity index (χ1n) is 13.7. The first-order valence-corrected chi connectivity index (χ1v) is 12.5. The lowest BCUT2D eigenvalue weighted by Crippen LogP contribution is -1.90. The average Bonchev–Trinajstić information content (AvgIpc) is 3.30. The highest BCUT2D eigenvalue weighted by Gasteiger charge is 2.14. The number of aryl methyl sites for hydroxylation is 1. The van der Waals surface area contributed by atoms with Crippen molar-refractivity contribution in [1.29, 1.82) is 0 Å². The molecule has 0 saturated carbocycles. The van der Waals surface area contributed by atoms with E-state index in [0.717, 1.165) is 59.2 Å². The molecule has 0 saturated heterocycles.